The van der Waals surface area contributed by atoms with Crippen molar-refractivity contribution in [2.45, 2.75) is 13.8 Å². The highest BCUT2D eigenvalue weighted by Crippen LogP contribution is 2.28. The number of rotatable bonds is 10. The van der Waals surface area contributed by atoms with Crippen LogP contribution < -0.4 is 25.4 Å². The molecule has 0 spiro atoms. The van der Waals surface area contributed by atoms with E-state index in [0.717, 1.165) is 11.4 Å². The van der Waals surface area contributed by atoms with Crippen molar-refractivity contribution in [2.24, 2.45) is 0 Å². The Hall–Kier alpha value is -4.00. The van der Waals surface area contributed by atoms with E-state index in [-0.39, 0.29) is 18.4 Å². The molecule has 0 aromatic heterocycles. The summed E-state index contributed by atoms with van der Waals surface area (Å²) in [5, 5.41) is 8.67. The lowest BCUT2D eigenvalue weighted by Crippen LogP contribution is -2.32. The average molecular weight is 434 g/mol. The molecule has 166 valence electrons. The molecule has 0 fully saturated rings. The molecule has 0 saturated heterocycles. The van der Waals surface area contributed by atoms with E-state index in [4.69, 9.17) is 9.47 Å². The summed E-state index contributed by atoms with van der Waals surface area (Å²) >= 11 is 0. The predicted octanol–water partition coefficient (Wildman–Crippen LogP) is 4.60. The van der Waals surface area contributed by atoms with Crippen molar-refractivity contribution in [3.8, 4) is 11.5 Å². The number of benzene rings is 3. The van der Waals surface area contributed by atoms with Crippen LogP contribution in [0, 0.1) is 0 Å². The second kappa shape index (κ2) is 11.4. The predicted molar refractivity (Wildman–Crippen MR) is 126 cm³/mol. The van der Waals surface area contributed by atoms with E-state index in [9.17, 15) is 9.59 Å². The zero-order valence-electron chi connectivity index (χ0n) is 18.2. The van der Waals surface area contributed by atoms with Gasteiger partial charge in [0.05, 0.1) is 19.8 Å². The van der Waals surface area contributed by atoms with Crippen molar-refractivity contribution in [3.63, 3.8) is 0 Å². The van der Waals surface area contributed by atoms with Crippen LogP contribution in [0.4, 0.5) is 17.1 Å². The Balaban J connectivity index is 1.52. The first kappa shape index (κ1) is 22.7. The fraction of sp³-hybridized carbons (Fsp3) is 0.200. The molecule has 3 aromatic rings. The molecule has 0 radical (unpaired) electrons. The van der Waals surface area contributed by atoms with Gasteiger partial charge < -0.3 is 25.4 Å². The summed E-state index contributed by atoms with van der Waals surface area (Å²) in [7, 11) is 0. The number of ether oxygens (including phenoxy) is 2. The fourth-order valence-corrected chi connectivity index (χ4v) is 2.99. The topological polar surface area (TPSA) is 88.7 Å². The Labute approximate surface area is 187 Å². The van der Waals surface area contributed by atoms with Crippen LogP contribution in [0.15, 0.2) is 72.8 Å². The quantitative estimate of drug-likeness (QED) is 0.435. The fourth-order valence-electron chi connectivity index (χ4n) is 2.99. The Morgan fingerprint density at radius 1 is 0.750 bits per heavy atom. The largest absolute Gasteiger partial charge is 0.490 e. The van der Waals surface area contributed by atoms with Crippen molar-refractivity contribution >= 4 is 28.9 Å². The van der Waals surface area contributed by atoms with E-state index < -0.39 is 0 Å². The van der Waals surface area contributed by atoms with Gasteiger partial charge in [-0.2, -0.15) is 0 Å². The molecule has 3 N–H and O–H groups in total. The Bertz CT molecular complexity index is 1040. The number of amides is 2. The van der Waals surface area contributed by atoms with Crippen LogP contribution in [0.1, 0.15) is 24.2 Å². The third-order valence-electron chi connectivity index (χ3n) is 4.45. The van der Waals surface area contributed by atoms with Gasteiger partial charge in [-0.15, -0.1) is 0 Å². The lowest BCUT2D eigenvalue weighted by atomic mass is 10.2. The van der Waals surface area contributed by atoms with Gasteiger partial charge in [-0.3, -0.25) is 9.59 Å². The first-order valence-corrected chi connectivity index (χ1v) is 10.5. The molecule has 3 rings (SSSR count). The Morgan fingerprint density at radius 2 is 1.38 bits per heavy atom. The second-order valence-electron chi connectivity index (χ2n) is 6.83. The molecular formula is C25H27N3O4. The van der Waals surface area contributed by atoms with E-state index >= 15 is 0 Å². The Kier molecular flexibility index (Phi) is 8.09. The molecule has 0 aliphatic rings. The number of anilines is 3. The molecule has 0 bridgehead atoms. The van der Waals surface area contributed by atoms with Gasteiger partial charge in [0.1, 0.15) is 0 Å². The van der Waals surface area contributed by atoms with Gasteiger partial charge in [-0.25, -0.2) is 0 Å². The van der Waals surface area contributed by atoms with E-state index in [1.54, 1.807) is 30.3 Å². The summed E-state index contributed by atoms with van der Waals surface area (Å²) in [5.74, 6) is 0.383. The summed E-state index contributed by atoms with van der Waals surface area (Å²) in [6, 6.07) is 22.1. The number of para-hydroxylation sites is 1. The molecule has 0 atom stereocenters. The number of carbonyl (C=O) groups is 2. The normalized spacial score (nSPS) is 10.2. The zero-order chi connectivity index (χ0) is 22.8. The summed E-state index contributed by atoms with van der Waals surface area (Å²) < 4.78 is 11.0. The number of carbonyl (C=O) groups excluding carboxylic acids is 2. The molecule has 2 amide bonds. The van der Waals surface area contributed by atoms with Crippen LogP contribution in [-0.2, 0) is 4.79 Å². The molecule has 0 aliphatic heterocycles. The van der Waals surface area contributed by atoms with Crippen molar-refractivity contribution in [2.75, 3.05) is 30.4 Å². The highest BCUT2D eigenvalue weighted by Gasteiger charge is 2.13. The minimum Gasteiger partial charge on any atom is -0.490 e. The summed E-state index contributed by atoms with van der Waals surface area (Å²) in [4.78, 5) is 24.7. The smallest absolute Gasteiger partial charge is 0.251 e. The monoisotopic (exact) mass is 433 g/mol. The van der Waals surface area contributed by atoms with Crippen molar-refractivity contribution in [3.05, 3.63) is 78.4 Å². The zero-order valence-corrected chi connectivity index (χ0v) is 18.2. The van der Waals surface area contributed by atoms with Crippen molar-refractivity contribution in [1.82, 2.24) is 5.32 Å². The van der Waals surface area contributed by atoms with Gasteiger partial charge in [0.15, 0.2) is 11.5 Å². The highest BCUT2D eigenvalue weighted by atomic mass is 16.5. The molecule has 0 unspecified atom stereocenters. The number of hydrogen-bond donors (Lipinski definition) is 3. The molecule has 32 heavy (non-hydrogen) atoms. The van der Waals surface area contributed by atoms with Crippen LogP contribution in [0.2, 0.25) is 0 Å². The molecule has 3 aromatic carbocycles. The molecule has 7 heteroatoms. The number of hydrogen-bond acceptors (Lipinski definition) is 5. The van der Waals surface area contributed by atoms with E-state index in [1.165, 1.54) is 0 Å². The van der Waals surface area contributed by atoms with Gasteiger partial charge in [0, 0.05) is 22.6 Å². The number of nitrogens with one attached hydrogen (secondary N) is 3. The standard InChI is InChI=1S/C25H27N3O4/c1-3-31-22-15-10-18(16-23(22)32-4-2)25(30)26-17-24(29)28-21-13-11-20(12-14-21)27-19-8-6-5-7-9-19/h5-16,27H,3-4,17H2,1-2H3,(H,26,30)(H,28,29). The van der Waals surface area contributed by atoms with Gasteiger partial charge in [0.25, 0.3) is 5.91 Å². The SMILES string of the molecule is CCOc1ccc(C(=O)NCC(=O)Nc2ccc(Nc3ccccc3)cc2)cc1OCC. The van der Waals surface area contributed by atoms with Crippen LogP contribution in [-0.4, -0.2) is 31.6 Å². The minimum absolute atomic E-state index is 0.153. The third kappa shape index (κ3) is 6.50. The van der Waals surface area contributed by atoms with Crippen molar-refractivity contribution < 1.29 is 19.1 Å². The molecular weight excluding hydrogens is 406 g/mol. The lowest BCUT2D eigenvalue weighted by Gasteiger charge is -2.12. The van der Waals surface area contributed by atoms with Crippen LogP contribution in [0.5, 0.6) is 11.5 Å². The summed E-state index contributed by atoms with van der Waals surface area (Å²) in [6.45, 7) is 4.53. The molecule has 0 aliphatic carbocycles. The lowest BCUT2D eigenvalue weighted by molar-refractivity contribution is -0.115. The van der Waals surface area contributed by atoms with E-state index in [0.29, 0.717) is 36.0 Å². The minimum atomic E-state index is -0.369. The van der Waals surface area contributed by atoms with Crippen LogP contribution in [0.25, 0.3) is 0 Å². The van der Waals surface area contributed by atoms with Gasteiger partial charge >= 0.3 is 0 Å². The maximum absolute atomic E-state index is 12.4. The maximum Gasteiger partial charge on any atom is 0.251 e. The highest BCUT2D eigenvalue weighted by molar-refractivity contribution is 5.99. The summed E-state index contributed by atoms with van der Waals surface area (Å²) in [6.07, 6.45) is 0. The van der Waals surface area contributed by atoms with Gasteiger partial charge in [-0.1, -0.05) is 18.2 Å². The van der Waals surface area contributed by atoms with E-state index in [1.807, 2.05) is 56.3 Å². The molecule has 0 heterocycles. The molecule has 7 nitrogen and oxygen atoms in total. The van der Waals surface area contributed by atoms with Gasteiger partial charge in [-0.05, 0) is 68.4 Å². The second-order valence-corrected chi connectivity index (χ2v) is 6.83. The Morgan fingerprint density at radius 3 is 2.06 bits per heavy atom. The van der Waals surface area contributed by atoms with Crippen LogP contribution in [0.3, 0.4) is 0 Å². The molecule has 0 saturated carbocycles. The summed E-state index contributed by atoms with van der Waals surface area (Å²) in [5.41, 5.74) is 2.92. The van der Waals surface area contributed by atoms with E-state index in [2.05, 4.69) is 16.0 Å². The first-order chi connectivity index (χ1) is 15.6. The average Bonchev–Trinajstić information content (AvgIpc) is 2.81. The van der Waals surface area contributed by atoms with Crippen molar-refractivity contribution in [1.29, 1.82) is 0 Å². The maximum atomic E-state index is 12.4. The van der Waals surface area contributed by atoms with Gasteiger partial charge in [0.2, 0.25) is 5.91 Å². The first-order valence-electron chi connectivity index (χ1n) is 10.5. The van der Waals surface area contributed by atoms with Crippen LogP contribution >= 0.6 is 0 Å². The third-order valence-corrected chi connectivity index (χ3v) is 4.45.